The monoisotopic (exact) mass is 624 g/mol. The number of nitrogens with zero attached hydrogens (tertiary/aromatic N) is 3. The molecule has 1 unspecified atom stereocenters. The third kappa shape index (κ3) is 7.65. The minimum atomic E-state index is -3.53. The van der Waals surface area contributed by atoms with Crippen molar-refractivity contribution in [3.05, 3.63) is 125 Å². The number of hydrogen-bond acceptors (Lipinski definition) is 7. The normalized spacial score (nSPS) is 14.6. The van der Waals surface area contributed by atoms with E-state index in [2.05, 4.69) is 22.3 Å². The molecule has 1 aliphatic heterocycles. The van der Waals surface area contributed by atoms with E-state index in [-0.39, 0.29) is 5.91 Å². The molecule has 0 radical (unpaired) electrons. The van der Waals surface area contributed by atoms with Crippen LogP contribution in [0.15, 0.2) is 108 Å². The molecule has 1 heterocycles. The molecule has 0 spiro atoms. The van der Waals surface area contributed by atoms with Crippen LogP contribution in [-0.2, 0) is 26.1 Å². The van der Waals surface area contributed by atoms with Gasteiger partial charge in [-0.2, -0.15) is 0 Å². The number of carbonyl (C=O) groups is 2. The van der Waals surface area contributed by atoms with Crippen molar-refractivity contribution in [2.24, 2.45) is 4.99 Å². The van der Waals surface area contributed by atoms with Crippen molar-refractivity contribution in [3.63, 3.8) is 0 Å². The maximum atomic E-state index is 13.3. The van der Waals surface area contributed by atoms with Gasteiger partial charge in [0.25, 0.3) is 0 Å². The van der Waals surface area contributed by atoms with Gasteiger partial charge in [-0.1, -0.05) is 66.7 Å². The van der Waals surface area contributed by atoms with Gasteiger partial charge in [-0.3, -0.25) is 14.1 Å². The number of sulfonamides is 1. The molecule has 0 bridgehead atoms. The number of ether oxygens (including phenoxy) is 1. The number of fused-ring (bicyclic) bond motifs is 1. The second kappa shape index (κ2) is 13.9. The highest BCUT2D eigenvalue weighted by Crippen LogP contribution is 2.37. The lowest BCUT2D eigenvalue weighted by molar-refractivity contribution is -0.115. The number of methoxy groups -OCH3 is 1. The van der Waals surface area contributed by atoms with Crippen LogP contribution in [0.2, 0.25) is 0 Å². The van der Waals surface area contributed by atoms with Gasteiger partial charge in [0.1, 0.15) is 5.92 Å². The van der Waals surface area contributed by atoms with Crippen molar-refractivity contribution in [1.82, 2.24) is 4.90 Å². The van der Waals surface area contributed by atoms with Gasteiger partial charge in [0, 0.05) is 18.8 Å². The topological polar surface area (TPSA) is 108 Å². The maximum Gasteiger partial charge on any atom is 0.337 e. The van der Waals surface area contributed by atoms with Crippen LogP contribution in [0.4, 0.5) is 17.1 Å². The molecule has 45 heavy (non-hydrogen) atoms. The van der Waals surface area contributed by atoms with E-state index in [9.17, 15) is 18.0 Å². The van der Waals surface area contributed by atoms with Crippen LogP contribution < -0.4 is 9.62 Å². The molecule has 5 rings (SSSR count). The van der Waals surface area contributed by atoms with Crippen LogP contribution in [0.1, 0.15) is 39.4 Å². The highest BCUT2D eigenvalue weighted by molar-refractivity contribution is 7.92. The van der Waals surface area contributed by atoms with E-state index in [4.69, 9.17) is 9.73 Å². The van der Waals surface area contributed by atoms with Gasteiger partial charge < -0.3 is 15.0 Å². The lowest BCUT2D eigenvalue weighted by Crippen LogP contribution is -2.33. The van der Waals surface area contributed by atoms with Crippen LogP contribution in [0.5, 0.6) is 0 Å². The molecule has 1 atom stereocenters. The molecule has 1 aliphatic rings. The Morgan fingerprint density at radius 2 is 1.56 bits per heavy atom. The standard InChI is InChI=1S/C35H36N4O5S/c1-38(24-25-11-6-4-7-12-25)21-10-22-39(45(3,42)43)29-18-16-28(17-19-29)36-33(26-13-8-5-9-14-26)32-30-20-15-27(35(41)44-2)23-31(30)37-34(32)40/h4-9,11-20,23,32H,10,21-22,24H2,1-3H3,(H,37,40). The predicted octanol–water partition coefficient (Wildman–Crippen LogP) is 5.62. The van der Waals surface area contributed by atoms with Crippen molar-refractivity contribution >= 4 is 44.7 Å². The summed E-state index contributed by atoms with van der Waals surface area (Å²) < 4.78 is 31.8. The maximum absolute atomic E-state index is 13.3. The molecule has 0 aliphatic carbocycles. The van der Waals surface area contributed by atoms with Crippen molar-refractivity contribution in [1.29, 1.82) is 0 Å². The van der Waals surface area contributed by atoms with Crippen LogP contribution in [0, 0.1) is 0 Å². The molecule has 232 valence electrons. The molecule has 4 aromatic carbocycles. The number of amides is 1. The summed E-state index contributed by atoms with van der Waals surface area (Å²) >= 11 is 0. The van der Waals surface area contributed by atoms with Crippen molar-refractivity contribution in [3.8, 4) is 0 Å². The van der Waals surface area contributed by atoms with Gasteiger partial charge in [-0.15, -0.1) is 0 Å². The molecular formula is C35H36N4O5S. The predicted molar refractivity (Wildman–Crippen MR) is 178 cm³/mol. The summed E-state index contributed by atoms with van der Waals surface area (Å²) in [5, 5.41) is 2.88. The van der Waals surface area contributed by atoms with Crippen LogP contribution >= 0.6 is 0 Å². The van der Waals surface area contributed by atoms with Gasteiger partial charge in [0.05, 0.1) is 36.0 Å². The minimum absolute atomic E-state index is 0.258. The molecule has 1 N–H and O–H groups in total. The Morgan fingerprint density at radius 3 is 2.20 bits per heavy atom. The van der Waals surface area contributed by atoms with E-state index < -0.39 is 21.9 Å². The summed E-state index contributed by atoms with van der Waals surface area (Å²) in [6, 6.07) is 31.6. The highest BCUT2D eigenvalue weighted by Gasteiger charge is 2.36. The van der Waals surface area contributed by atoms with E-state index in [1.54, 1.807) is 42.5 Å². The van der Waals surface area contributed by atoms with Crippen molar-refractivity contribution < 1.29 is 22.7 Å². The molecule has 0 fully saturated rings. The lowest BCUT2D eigenvalue weighted by atomic mass is 9.90. The zero-order chi connectivity index (χ0) is 32.0. The second-order valence-corrected chi connectivity index (χ2v) is 12.9. The third-order valence-electron chi connectivity index (χ3n) is 7.63. The number of benzene rings is 4. The van der Waals surface area contributed by atoms with Gasteiger partial charge in [0.15, 0.2) is 0 Å². The first kappa shape index (κ1) is 31.6. The van der Waals surface area contributed by atoms with Gasteiger partial charge in [0.2, 0.25) is 15.9 Å². The van der Waals surface area contributed by atoms with Gasteiger partial charge in [-0.25, -0.2) is 13.2 Å². The quantitative estimate of drug-likeness (QED) is 0.162. The summed E-state index contributed by atoms with van der Waals surface area (Å²) in [6.07, 6.45) is 1.87. The molecule has 0 aromatic heterocycles. The van der Waals surface area contributed by atoms with Gasteiger partial charge in [-0.05, 0) is 73.1 Å². The minimum Gasteiger partial charge on any atom is -0.465 e. The molecular weight excluding hydrogens is 588 g/mol. The Kier molecular flexibility index (Phi) is 9.75. The Hall–Kier alpha value is -4.80. The van der Waals surface area contributed by atoms with E-state index in [0.717, 1.165) is 18.7 Å². The summed E-state index contributed by atoms with van der Waals surface area (Å²) in [5.74, 6) is -1.46. The number of rotatable bonds is 12. The molecule has 0 saturated heterocycles. The van der Waals surface area contributed by atoms with Crippen LogP contribution in [0.25, 0.3) is 0 Å². The third-order valence-corrected chi connectivity index (χ3v) is 8.83. The first-order chi connectivity index (χ1) is 21.6. The smallest absolute Gasteiger partial charge is 0.337 e. The number of aliphatic imine (C=N–C) groups is 1. The zero-order valence-electron chi connectivity index (χ0n) is 25.5. The SMILES string of the molecule is COC(=O)c1ccc2c(c1)NC(=O)C2C(=Nc1ccc(N(CCCN(C)Cc2ccccc2)S(C)(=O)=O)cc1)c1ccccc1. The molecule has 10 heteroatoms. The number of anilines is 2. The van der Waals surface area contributed by atoms with E-state index >= 15 is 0 Å². The second-order valence-electron chi connectivity index (χ2n) is 11.0. The number of nitrogens with one attached hydrogen (secondary N) is 1. The fourth-order valence-electron chi connectivity index (χ4n) is 5.46. The lowest BCUT2D eigenvalue weighted by Gasteiger charge is -2.24. The van der Waals surface area contributed by atoms with Crippen molar-refractivity contribution in [2.45, 2.75) is 18.9 Å². The van der Waals surface area contributed by atoms with Gasteiger partial charge >= 0.3 is 5.97 Å². The fourth-order valence-corrected chi connectivity index (χ4v) is 6.43. The van der Waals surface area contributed by atoms with E-state index in [1.165, 1.54) is 23.2 Å². The summed E-state index contributed by atoms with van der Waals surface area (Å²) in [4.78, 5) is 32.5. The summed E-state index contributed by atoms with van der Waals surface area (Å²) in [6.45, 7) is 1.85. The number of carbonyl (C=O) groups excluding carboxylic acids is 2. The number of hydrogen-bond donors (Lipinski definition) is 1. The van der Waals surface area contributed by atoms with Crippen molar-refractivity contribution in [2.75, 3.05) is 43.1 Å². The molecule has 1 amide bonds. The Labute approximate surface area is 264 Å². The Balaban J connectivity index is 1.38. The molecule has 4 aromatic rings. The number of esters is 1. The fraction of sp³-hybridized carbons (Fsp3) is 0.229. The zero-order valence-corrected chi connectivity index (χ0v) is 26.3. The summed E-state index contributed by atoms with van der Waals surface area (Å²) in [5.41, 5.74) is 5.19. The highest BCUT2D eigenvalue weighted by atomic mass is 32.2. The Bertz CT molecular complexity index is 1790. The Morgan fingerprint density at radius 1 is 0.889 bits per heavy atom. The molecule has 9 nitrogen and oxygen atoms in total. The van der Waals surface area contributed by atoms with Crippen LogP contribution in [-0.4, -0.2) is 64.4 Å². The first-order valence-corrected chi connectivity index (χ1v) is 16.5. The molecule has 0 saturated carbocycles. The first-order valence-electron chi connectivity index (χ1n) is 14.6. The summed E-state index contributed by atoms with van der Waals surface area (Å²) in [7, 11) is -0.193. The average molecular weight is 625 g/mol. The largest absolute Gasteiger partial charge is 0.465 e. The average Bonchev–Trinajstić information content (AvgIpc) is 3.36. The van der Waals surface area contributed by atoms with E-state index in [0.29, 0.717) is 46.9 Å². The van der Waals surface area contributed by atoms with E-state index in [1.807, 2.05) is 55.6 Å². The van der Waals surface area contributed by atoms with Crippen LogP contribution in [0.3, 0.4) is 0 Å².